The van der Waals surface area contributed by atoms with Crippen molar-refractivity contribution in [3.8, 4) is 0 Å². The highest BCUT2D eigenvalue weighted by atomic mass is 79.9. The third kappa shape index (κ3) is 2.45. The van der Waals surface area contributed by atoms with Crippen molar-refractivity contribution in [1.82, 2.24) is 0 Å². The van der Waals surface area contributed by atoms with Crippen LogP contribution >= 0.6 is 15.9 Å². The summed E-state index contributed by atoms with van der Waals surface area (Å²) < 4.78 is 14.7. The molecule has 0 fully saturated rings. The molecule has 0 radical (unpaired) electrons. The molecule has 3 heteroatoms. The smallest absolute Gasteiger partial charge is 0.127 e. The van der Waals surface area contributed by atoms with E-state index in [0.717, 1.165) is 16.5 Å². The summed E-state index contributed by atoms with van der Waals surface area (Å²) in [5, 5.41) is 0. The van der Waals surface area contributed by atoms with Crippen molar-refractivity contribution in [2.75, 3.05) is 0 Å². The van der Waals surface area contributed by atoms with Crippen LogP contribution in [0.2, 0.25) is 0 Å². The molecule has 2 N–H and O–H groups in total. The second-order valence-corrected chi connectivity index (χ2v) is 6.04. The summed E-state index contributed by atoms with van der Waals surface area (Å²) in [5.74, 6) is 0.130. The molecule has 98 valence electrons. The lowest BCUT2D eigenvalue weighted by atomic mass is 9.93. The minimum absolute atomic E-state index is 0.0132. The van der Waals surface area contributed by atoms with Crippen molar-refractivity contribution in [2.24, 2.45) is 11.7 Å². The van der Waals surface area contributed by atoms with E-state index in [-0.39, 0.29) is 17.8 Å². The zero-order valence-electron chi connectivity index (χ0n) is 10.4. The molecule has 1 aliphatic rings. The van der Waals surface area contributed by atoms with Crippen molar-refractivity contribution < 1.29 is 4.39 Å². The molecule has 0 aliphatic heterocycles. The summed E-state index contributed by atoms with van der Waals surface area (Å²) in [5.41, 5.74) is 9.55. The van der Waals surface area contributed by atoms with E-state index in [4.69, 9.17) is 5.73 Å². The second kappa shape index (κ2) is 5.06. The Bertz CT molecular complexity index is 611. The van der Waals surface area contributed by atoms with Gasteiger partial charge in [-0.2, -0.15) is 0 Å². The Morgan fingerprint density at radius 2 is 2.00 bits per heavy atom. The van der Waals surface area contributed by atoms with Gasteiger partial charge < -0.3 is 5.73 Å². The standard InChI is InChI=1S/C16H15BrFN/c17-13-6-5-11(15(18)9-13)8-12-7-10-3-1-2-4-14(10)16(12)19/h1-6,9,12,16H,7-8,19H2. The van der Waals surface area contributed by atoms with Gasteiger partial charge >= 0.3 is 0 Å². The maximum absolute atomic E-state index is 13.9. The first kappa shape index (κ1) is 12.8. The van der Waals surface area contributed by atoms with Crippen LogP contribution in [0.5, 0.6) is 0 Å². The van der Waals surface area contributed by atoms with Crippen LogP contribution in [0.15, 0.2) is 46.9 Å². The molecular weight excluding hydrogens is 305 g/mol. The number of hydrogen-bond acceptors (Lipinski definition) is 1. The normalized spacial score (nSPS) is 21.4. The van der Waals surface area contributed by atoms with Crippen LogP contribution in [0, 0.1) is 11.7 Å². The van der Waals surface area contributed by atoms with Gasteiger partial charge in [-0.1, -0.05) is 46.3 Å². The molecule has 2 aromatic carbocycles. The van der Waals surface area contributed by atoms with E-state index in [0.29, 0.717) is 6.42 Å². The van der Waals surface area contributed by atoms with Crippen molar-refractivity contribution in [2.45, 2.75) is 18.9 Å². The van der Waals surface area contributed by atoms with E-state index in [1.807, 2.05) is 24.3 Å². The molecule has 1 nitrogen and oxygen atoms in total. The van der Waals surface area contributed by atoms with Crippen LogP contribution in [-0.2, 0) is 12.8 Å². The third-order valence-corrected chi connectivity index (χ3v) is 4.39. The number of fused-ring (bicyclic) bond motifs is 1. The largest absolute Gasteiger partial charge is 0.324 e. The van der Waals surface area contributed by atoms with Gasteiger partial charge in [0.15, 0.2) is 0 Å². The fraction of sp³-hybridized carbons (Fsp3) is 0.250. The number of halogens is 2. The van der Waals surface area contributed by atoms with Crippen molar-refractivity contribution in [3.63, 3.8) is 0 Å². The molecular formula is C16H15BrFN. The molecule has 0 saturated heterocycles. The molecule has 19 heavy (non-hydrogen) atoms. The summed E-state index contributed by atoms with van der Waals surface area (Å²) in [7, 11) is 0. The number of nitrogens with two attached hydrogens (primary N) is 1. The topological polar surface area (TPSA) is 26.0 Å². The molecule has 2 atom stereocenters. The van der Waals surface area contributed by atoms with Crippen LogP contribution in [0.3, 0.4) is 0 Å². The first-order chi connectivity index (χ1) is 9.15. The van der Waals surface area contributed by atoms with E-state index >= 15 is 0 Å². The van der Waals surface area contributed by atoms with Crippen LogP contribution in [0.25, 0.3) is 0 Å². The second-order valence-electron chi connectivity index (χ2n) is 5.13. The average Bonchev–Trinajstić information content (AvgIpc) is 2.70. The van der Waals surface area contributed by atoms with Crippen molar-refractivity contribution in [1.29, 1.82) is 0 Å². The molecule has 3 rings (SSSR count). The summed E-state index contributed by atoms with van der Waals surface area (Å²) in [6.45, 7) is 0. The predicted octanol–water partition coefficient (Wildman–Crippen LogP) is 4.00. The van der Waals surface area contributed by atoms with Gasteiger partial charge in [-0.05, 0) is 47.6 Å². The fourth-order valence-corrected chi connectivity index (χ4v) is 3.21. The third-order valence-electron chi connectivity index (χ3n) is 3.90. The first-order valence-electron chi connectivity index (χ1n) is 6.42. The lowest BCUT2D eigenvalue weighted by Crippen LogP contribution is -2.19. The Kier molecular flexibility index (Phi) is 3.42. The SMILES string of the molecule is NC1c2ccccc2CC1Cc1ccc(Br)cc1F. The summed E-state index contributed by atoms with van der Waals surface area (Å²) in [4.78, 5) is 0. The summed E-state index contributed by atoms with van der Waals surface area (Å²) >= 11 is 3.28. The van der Waals surface area contributed by atoms with Gasteiger partial charge in [0.25, 0.3) is 0 Å². The van der Waals surface area contributed by atoms with E-state index in [1.165, 1.54) is 17.2 Å². The molecule has 2 unspecified atom stereocenters. The van der Waals surface area contributed by atoms with Gasteiger partial charge in [0.2, 0.25) is 0 Å². The minimum Gasteiger partial charge on any atom is -0.324 e. The van der Waals surface area contributed by atoms with Crippen LogP contribution in [0.4, 0.5) is 4.39 Å². The molecule has 1 aliphatic carbocycles. The van der Waals surface area contributed by atoms with Crippen molar-refractivity contribution >= 4 is 15.9 Å². The number of benzene rings is 2. The van der Waals surface area contributed by atoms with Gasteiger partial charge in [0.05, 0.1) is 0 Å². The molecule has 0 amide bonds. The highest BCUT2D eigenvalue weighted by Crippen LogP contribution is 2.36. The molecule has 0 saturated carbocycles. The quantitative estimate of drug-likeness (QED) is 0.889. The predicted molar refractivity (Wildman–Crippen MR) is 78.4 cm³/mol. The van der Waals surface area contributed by atoms with E-state index < -0.39 is 0 Å². The monoisotopic (exact) mass is 319 g/mol. The molecule has 0 bridgehead atoms. The van der Waals surface area contributed by atoms with E-state index in [9.17, 15) is 4.39 Å². The zero-order valence-corrected chi connectivity index (χ0v) is 12.0. The van der Waals surface area contributed by atoms with Gasteiger partial charge in [0.1, 0.15) is 5.82 Å². The fourth-order valence-electron chi connectivity index (χ4n) is 2.88. The molecule has 0 spiro atoms. The maximum atomic E-state index is 13.9. The molecule has 0 heterocycles. The number of rotatable bonds is 2. The average molecular weight is 320 g/mol. The lowest BCUT2D eigenvalue weighted by molar-refractivity contribution is 0.454. The highest BCUT2D eigenvalue weighted by Gasteiger charge is 2.29. The Hall–Kier alpha value is -1.19. The minimum atomic E-state index is -0.155. The first-order valence-corrected chi connectivity index (χ1v) is 7.22. The van der Waals surface area contributed by atoms with Crippen LogP contribution in [0.1, 0.15) is 22.7 Å². The Morgan fingerprint density at radius 3 is 2.74 bits per heavy atom. The summed E-state index contributed by atoms with van der Waals surface area (Å²) in [6.07, 6.45) is 1.63. The number of hydrogen-bond donors (Lipinski definition) is 1. The Morgan fingerprint density at radius 1 is 1.21 bits per heavy atom. The van der Waals surface area contributed by atoms with Crippen molar-refractivity contribution in [3.05, 3.63) is 69.4 Å². The van der Waals surface area contributed by atoms with Gasteiger partial charge in [-0.25, -0.2) is 4.39 Å². The van der Waals surface area contributed by atoms with Gasteiger partial charge in [-0.15, -0.1) is 0 Å². The molecule has 2 aromatic rings. The molecule has 0 aromatic heterocycles. The Labute approximate surface area is 120 Å². The van der Waals surface area contributed by atoms with Crippen LogP contribution < -0.4 is 5.73 Å². The van der Waals surface area contributed by atoms with Crippen LogP contribution in [-0.4, -0.2) is 0 Å². The van der Waals surface area contributed by atoms with Gasteiger partial charge in [0, 0.05) is 10.5 Å². The maximum Gasteiger partial charge on any atom is 0.127 e. The Balaban J connectivity index is 1.83. The summed E-state index contributed by atoms with van der Waals surface area (Å²) in [6, 6.07) is 13.5. The van der Waals surface area contributed by atoms with E-state index in [1.54, 1.807) is 0 Å². The lowest BCUT2D eigenvalue weighted by Gasteiger charge is -2.16. The zero-order chi connectivity index (χ0) is 13.4. The highest BCUT2D eigenvalue weighted by molar-refractivity contribution is 9.10. The van der Waals surface area contributed by atoms with Gasteiger partial charge in [-0.3, -0.25) is 0 Å². The van der Waals surface area contributed by atoms with E-state index in [2.05, 4.69) is 28.1 Å².